The molecule has 4 rings (SSSR count). The Morgan fingerprint density at radius 2 is 1.66 bits per heavy atom. The van der Waals surface area contributed by atoms with Gasteiger partial charge in [0.15, 0.2) is 0 Å². The molecule has 168 valence electrons. The summed E-state index contributed by atoms with van der Waals surface area (Å²) in [7, 11) is 1.52. The van der Waals surface area contributed by atoms with Gasteiger partial charge < -0.3 is 4.74 Å². The number of hydrogen-bond donors (Lipinski definition) is 0. The van der Waals surface area contributed by atoms with Crippen LogP contribution in [0.2, 0.25) is 0 Å². The van der Waals surface area contributed by atoms with Crippen LogP contribution in [0, 0.1) is 46.3 Å². The van der Waals surface area contributed by atoms with E-state index in [1.54, 1.807) is 0 Å². The Labute approximate surface area is 180 Å². The van der Waals surface area contributed by atoms with Crippen LogP contribution in [0.5, 0.6) is 0 Å². The van der Waals surface area contributed by atoms with E-state index >= 15 is 0 Å². The fraction of sp³-hybridized carbons (Fsp3) is 0.963. The van der Waals surface area contributed by atoms with Crippen LogP contribution in [-0.4, -0.2) is 13.1 Å². The molecule has 4 aliphatic rings. The molecule has 0 bridgehead atoms. The van der Waals surface area contributed by atoms with Gasteiger partial charge in [0.2, 0.25) is 0 Å². The van der Waals surface area contributed by atoms with Crippen molar-refractivity contribution in [3.05, 3.63) is 0 Å². The predicted molar refractivity (Wildman–Crippen MR) is 122 cm³/mol. The Morgan fingerprint density at radius 1 is 0.931 bits per heavy atom. The molecule has 2 heteroatoms. The molecular formula is C27H48O2. The highest BCUT2D eigenvalue weighted by Gasteiger charge is 2.60. The third-order valence-electron chi connectivity index (χ3n) is 10.4. The van der Waals surface area contributed by atoms with Crippen molar-refractivity contribution >= 4 is 5.97 Å². The molecule has 0 aromatic heterocycles. The van der Waals surface area contributed by atoms with Crippen molar-refractivity contribution < 1.29 is 9.53 Å². The topological polar surface area (TPSA) is 26.3 Å². The van der Waals surface area contributed by atoms with E-state index in [-0.39, 0.29) is 5.97 Å². The van der Waals surface area contributed by atoms with Gasteiger partial charge in [0.25, 0.3) is 0 Å². The summed E-state index contributed by atoms with van der Waals surface area (Å²) in [6.07, 6.45) is 16.4. The number of rotatable bonds is 4. The summed E-state index contributed by atoms with van der Waals surface area (Å²) < 4.78 is 4.89. The van der Waals surface area contributed by atoms with Crippen LogP contribution < -0.4 is 0 Å². The standard InChI is InChI=1S/C25H42O2.C2H6/c1-17(8-13-23(26)27-4)20-11-12-21-19-10-9-18-7-5-6-15-24(18,2)22(19)14-16-25(20,21)3;1-2/h17-22H,5-16H2,1-4H3;1-2H3/t17-,18+,19?,20?,21?,22?,24?,25?;/m1./s1. The first-order valence-corrected chi connectivity index (χ1v) is 13.0. The Hall–Kier alpha value is -0.530. The highest BCUT2D eigenvalue weighted by Crippen LogP contribution is 2.68. The minimum absolute atomic E-state index is 0.0335. The number of carbonyl (C=O) groups excluding carboxylic acids is 1. The van der Waals surface area contributed by atoms with Gasteiger partial charge in [-0.3, -0.25) is 4.79 Å². The van der Waals surface area contributed by atoms with Crippen molar-refractivity contribution in [2.24, 2.45) is 46.3 Å². The second-order valence-electron chi connectivity index (χ2n) is 11.2. The SMILES string of the molecule is CC.COC(=O)CC[C@@H](C)C1CCC2C3CC[C@@H]4CCCCC4(C)C3CCC21C. The van der Waals surface area contributed by atoms with Gasteiger partial charge in [-0.2, -0.15) is 0 Å². The maximum Gasteiger partial charge on any atom is 0.305 e. The molecule has 0 saturated heterocycles. The summed E-state index contributed by atoms with van der Waals surface area (Å²) >= 11 is 0. The number of carbonyl (C=O) groups is 1. The van der Waals surface area contributed by atoms with Crippen molar-refractivity contribution in [1.82, 2.24) is 0 Å². The predicted octanol–water partition coefficient (Wildman–Crippen LogP) is 7.65. The Kier molecular flexibility index (Phi) is 7.43. The molecule has 0 amide bonds. The zero-order valence-corrected chi connectivity index (χ0v) is 20.3. The van der Waals surface area contributed by atoms with Crippen molar-refractivity contribution in [1.29, 1.82) is 0 Å². The zero-order valence-electron chi connectivity index (χ0n) is 20.3. The van der Waals surface area contributed by atoms with Gasteiger partial charge in [0, 0.05) is 6.42 Å². The van der Waals surface area contributed by atoms with Gasteiger partial charge in [-0.1, -0.05) is 47.5 Å². The van der Waals surface area contributed by atoms with Gasteiger partial charge in [0.05, 0.1) is 7.11 Å². The van der Waals surface area contributed by atoms with E-state index < -0.39 is 0 Å². The molecule has 0 aliphatic heterocycles. The van der Waals surface area contributed by atoms with Gasteiger partial charge in [-0.25, -0.2) is 0 Å². The number of fused-ring (bicyclic) bond motifs is 5. The fourth-order valence-electron chi connectivity index (χ4n) is 8.92. The van der Waals surface area contributed by atoms with Gasteiger partial charge in [-0.15, -0.1) is 0 Å². The summed E-state index contributed by atoms with van der Waals surface area (Å²) in [5.74, 6) is 5.38. The van der Waals surface area contributed by atoms with Crippen LogP contribution in [0.3, 0.4) is 0 Å². The summed E-state index contributed by atoms with van der Waals surface area (Å²) in [5.41, 5.74) is 1.17. The normalized spacial score (nSPS) is 44.4. The minimum Gasteiger partial charge on any atom is -0.469 e. The molecule has 0 spiro atoms. The van der Waals surface area contributed by atoms with Crippen molar-refractivity contribution in [3.8, 4) is 0 Å². The molecule has 8 atom stereocenters. The van der Waals surface area contributed by atoms with E-state index in [0.717, 1.165) is 36.0 Å². The second kappa shape index (κ2) is 9.31. The fourth-order valence-corrected chi connectivity index (χ4v) is 8.92. The average molecular weight is 405 g/mol. The summed E-state index contributed by atoms with van der Waals surface area (Å²) in [5, 5.41) is 0. The molecule has 0 aromatic carbocycles. The maximum absolute atomic E-state index is 11.6. The van der Waals surface area contributed by atoms with Crippen LogP contribution in [0.15, 0.2) is 0 Å². The van der Waals surface area contributed by atoms with Crippen LogP contribution in [0.1, 0.15) is 112 Å². The lowest BCUT2D eigenvalue weighted by molar-refractivity contribution is -0.141. The first kappa shape index (κ1) is 23.1. The Balaban J connectivity index is 0.00000117. The molecule has 2 nitrogen and oxygen atoms in total. The third-order valence-corrected chi connectivity index (χ3v) is 10.4. The molecule has 6 unspecified atom stereocenters. The monoisotopic (exact) mass is 404 g/mol. The summed E-state index contributed by atoms with van der Waals surface area (Å²) in [4.78, 5) is 11.6. The first-order valence-electron chi connectivity index (χ1n) is 13.0. The number of esters is 1. The molecule has 4 saturated carbocycles. The zero-order chi connectivity index (χ0) is 21.2. The molecular weight excluding hydrogens is 356 g/mol. The van der Waals surface area contributed by atoms with Crippen LogP contribution >= 0.6 is 0 Å². The van der Waals surface area contributed by atoms with Gasteiger partial charge in [-0.05, 0) is 104 Å². The largest absolute Gasteiger partial charge is 0.469 e. The van der Waals surface area contributed by atoms with Crippen LogP contribution in [0.4, 0.5) is 0 Å². The maximum atomic E-state index is 11.6. The highest BCUT2D eigenvalue weighted by molar-refractivity contribution is 5.69. The second-order valence-corrected chi connectivity index (χ2v) is 11.2. The molecule has 0 aromatic rings. The average Bonchev–Trinajstić information content (AvgIpc) is 3.10. The van der Waals surface area contributed by atoms with Crippen LogP contribution in [0.25, 0.3) is 0 Å². The molecule has 0 radical (unpaired) electrons. The molecule has 0 N–H and O–H groups in total. The van der Waals surface area contributed by atoms with E-state index in [2.05, 4.69) is 20.8 Å². The molecule has 4 fully saturated rings. The third kappa shape index (κ3) is 4.03. The number of methoxy groups -OCH3 is 1. The lowest BCUT2D eigenvalue weighted by Gasteiger charge is -2.61. The Morgan fingerprint density at radius 3 is 2.38 bits per heavy atom. The first-order chi connectivity index (χ1) is 13.9. The lowest BCUT2D eigenvalue weighted by atomic mass is 9.44. The number of hydrogen-bond acceptors (Lipinski definition) is 2. The quantitative estimate of drug-likeness (QED) is 0.450. The molecule has 0 heterocycles. The highest BCUT2D eigenvalue weighted by atomic mass is 16.5. The van der Waals surface area contributed by atoms with E-state index in [9.17, 15) is 4.79 Å². The lowest BCUT2D eigenvalue weighted by Crippen LogP contribution is -2.53. The van der Waals surface area contributed by atoms with Crippen molar-refractivity contribution in [2.45, 2.75) is 112 Å². The Bertz CT molecular complexity index is 557. The van der Waals surface area contributed by atoms with Crippen LogP contribution in [-0.2, 0) is 9.53 Å². The molecule has 29 heavy (non-hydrogen) atoms. The summed E-state index contributed by atoms with van der Waals surface area (Å²) in [6.45, 7) is 11.7. The van der Waals surface area contributed by atoms with Gasteiger partial charge in [0.1, 0.15) is 0 Å². The minimum atomic E-state index is -0.0335. The molecule has 4 aliphatic carbocycles. The number of ether oxygens (including phenoxy) is 1. The van der Waals surface area contributed by atoms with E-state index in [4.69, 9.17) is 4.74 Å². The summed E-state index contributed by atoms with van der Waals surface area (Å²) in [6, 6.07) is 0. The smallest absolute Gasteiger partial charge is 0.305 e. The van der Waals surface area contributed by atoms with E-state index in [0.29, 0.717) is 23.2 Å². The van der Waals surface area contributed by atoms with Crippen molar-refractivity contribution in [2.75, 3.05) is 7.11 Å². The van der Waals surface area contributed by atoms with Crippen molar-refractivity contribution in [3.63, 3.8) is 0 Å². The van der Waals surface area contributed by atoms with E-state index in [1.807, 2.05) is 13.8 Å². The van der Waals surface area contributed by atoms with E-state index in [1.165, 1.54) is 71.3 Å². The van der Waals surface area contributed by atoms with Gasteiger partial charge >= 0.3 is 5.97 Å².